The zero-order valence-electron chi connectivity index (χ0n) is 12.3. The molecule has 6 nitrogen and oxygen atoms in total. The van der Waals surface area contributed by atoms with Crippen LogP contribution >= 0.6 is 11.8 Å². The molecule has 2 N–H and O–H groups in total. The Labute approximate surface area is 133 Å². The first-order valence-corrected chi connectivity index (χ1v) is 7.39. The Balaban J connectivity index is 2.30. The van der Waals surface area contributed by atoms with Crippen molar-refractivity contribution in [2.45, 2.75) is 4.90 Å². The molecule has 0 radical (unpaired) electrons. The molecular formula is C14H13F2N3O3S. The van der Waals surface area contributed by atoms with Gasteiger partial charge in [0.05, 0.1) is 5.75 Å². The normalized spacial score (nSPS) is 10.8. The molecule has 0 atom stereocenters. The summed E-state index contributed by atoms with van der Waals surface area (Å²) in [5, 5.41) is 0. The van der Waals surface area contributed by atoms with E-state index >= 15 is 0 Å². The summed E-state index contributed by atoms with van der Waals surface area (Å²) < 4.78 is 27.8. The smallest absolute Gasteiger partial charge is 0.332 e. The van der Waals surface area contributed by atoms with E-state index in [1.54, 1.807) is 0 Å². The minimum Gasteiger partial charge on any atom is -0.384 e. The summed E-state index contributed by atoms with van der Waals surface area (Å²) in [6, 6.07) is 3.22. The minimum atomic E-state index is -1.03. The molecule has 9 heteroatoms. The summed E-state index contributed by atoms with van der Waals surface area (Å²) in [5.41, 5.74) is 3.94. The molecule has 1 aromatic carbocycles. The molecule has 0 saturated heterocycles. The molecule has 0 aliphatic carbocycles. The molecule has 1 aromatic heterocycles. The summed E-state index contributed by atoms with van der Waals surface area (Å²) in [6.07, 6.45) is 0. The van der Waals surface area contributed by atoms with E-state index in [0.29, 0.717) is 4.90 Å². The van der Waals surface area contributed by atoms with Gasteiger partial charge in [0.1, 0.15) is 11.4 Å². The topological polar surface area (TPSA) is 87.1 Å². The Hall–Kier alpha value is -2.42. The Morgan fingerprint density at radius 1 is 1.17 bits per heavy atom. The van der Waals surface area contributed by atoms with E-state index in [4.69, 9.17) is 5.73 Å². The highest BCUT2D eigenvalue weighted by atomic mass is 32.2. The van der Waals surface area contributed by atoms with E-state index in [1.165, 1.54) is 20.2 Å². The van der Waals surface area contributed by atoms with Crippen LogP contribution in [0.5, 0.6) is 0 Å². The van der Waals surface area contributed by atoms with Gasteiger partial charge in [-0.2, -0.15) is 0 Å². The van der Waals surface area contributed by atoms with Crippen molar-refractivity contribution in [3.63, 3.8) is 0 Å². The van der Waals surface area contributed by atoms with Gasteiger partial charge in [-0.1, -0.05) is 0 Å². The molecule has 23 heavy (non-hydrogen) atoms. The number of thioether (sulfide) groups is 1. The van der Waals surface area contributed by atoms with E-state index in [2.05, 4.69) is 0 Å². The molecule has 0 aliphatic rings. The molecule has 2 aromatic rings. The van der Waals surface area contributed by atoms with Gasteiger partial charge in [0, 0.05) is 19.0 Å². The lowest BCUT2D eigenvalue weighted by atomic mass is 10.2. The van der Waals surface area contributed by atoms with Crippen LogP contribution in [0, 0.1) is 11.6 Å². The standard InChI is InChI=1S/C14H13F2N3O3S/c1-18-12(17)11(13(21)19(2)14(18)22)10(20)6-23-7-3-4-8(15)9(16)5-7/h3-5H,6,17H2,1-2H3. The summed E-state index contributed by atoms with van der Waals surface area (Å²) in [6.45, 7) is 0. The number of Topliss-reactive ketones (excluding diaryl/α,β-unsaturated/α-hetero) is 1. The number of nitrogen functional groups attached to an aromatic ring is 1. The number of benzene rings is 1. The van der Waals surface area contributed by atoms with Gasteiger partial charge in [-0.15, -0.1) is 11.8 Å². The number of rotatable bonds is 4. The van der Waals surface area contributed by atoms with Gasteiger partial charge < -0.3 is 5.73 Å². The minimum absolute atomic E-state index is 0.206. The quantitative estimate of drug-likeness (QED) is 0.660. The molecular weight excluding hydrogens is 328 g/mol. The second kappa shape index (κ2) is 6.37. The number of hydrogen-bond acceptors (Lipinski definition) is 5. The SMILES string of the molecule is Cn1c(N)c(C(=O)CSc2ccc(F)c(F)c2)c(=O)n(C)c1=O. The fraction of sp³-hybridized carbons (Fsp3) is 0.214. The summed E-state index contributed by atoms with van der Waals surface area (Å²) >= 11 is 0.932. The van der Waals surface area contributed by atoms with Crippen molar-refractivity contribution in [1.82, 2.24) is 9.13 Å². The first-order chi connectivity index (χ1) is 10.7. The molecule has 0 amide bonds. The molecule has 0 spiro atoms. The van der Waals surface area contributed by atoms with Crippen LogP contribution in [0.15, 0.2) is 32.7 Å². The van der Waals surface area contributed by atoms with Crippen molar-refractivity contribution in [1.29, 1.82) is 0 Å². The number of carbonyl (C=O) groups is 1. The van der Waals surface area contributed by atoms with Crippen molar-refractivity contribution < 1.29 is 13.6 Å². The number of hydrogen-bond donors (Lipinski definition) is 1. The van der Waals surface area contributed by atoms with E-state index in [-0.39, 0.29) is 17.1 Å². The van der Waals surface area contributed by atoms with Gasteiger partial charge in [0.25, 0.3) is 5.56 Å². The van der Waals surface area contributed by atoms with Crippen molar-refractivity contribution in [2.24, 2.45) is 14.1 Å². The van der Waals surface area contributed by atoms with E-state index in [1.807, 2.05) is 0 Å². The van der Waals surface area contributed by atoms with Gasteiger partial charge in [-0.25, -0.2) is 13.6 Å². The van der Waals surface area contributed by atoms with E-state index in [9.17, 15) is 23.2 Å². The Kier molecular flexibility index (Phi) is 4.69. The summed E-state index contributed by atoms with van der Waals surface area (Å²) in [5.74, 6) is -3.05. The van der Waals surface area contributed by atoms with Crippen LogP contribution in [-0.4, -0.2) is 20.7 Å². The highest BCUT2D eigenvalue weighted by Crippen LogP contribution is 2.21. The van der Waals surface area contributed by atoms with Gasteiger partial charge in [0.15, 0.2) is 17.4 Å². The first kappa shape index (κ1) is 16.9. The summed E-state index contributed by atoms with van der Waals surface area (Å²) in [7, 11) is 2.58. The summed E-state index contributed by atoms with van der Waals surface area (Å²) in [4.78, 5) is 36.3. The second-order valence-electron chi connectivity index (χ2n) is 4.75. The third kappa shape index (κ3) is 3.19. The zero-order valence-corrected chi connectivity index (χ0v) is 13.1. The van der Waals surface area contributed by atoms with Crippen molar-refractivity contribution in [2.75, 3.05) is 11.5 Å². The second-order valence-corrected chi connectivity index (χ2v) is 5.80. The van der Waals surface area contributed by atoms with Crippen molar-refractivity contribution in [3.8, 4) is 0 Å². The lowest BCUT2D eigenvalue weighted by molar-refractivity contribution is 0.102. The van der Waals surface area contributed by atoms with Crippen molar-refractivity contribution >= 4 is 23.4 Å². The maximum Gasteiger partial charge on any atom is 0.332 e. The fourth-order valence-corrected chi connectivity index (χ4v) is 2.70. The molecule has 122 valence electrons. The van der Waals surface area contributed by atoms with Crippen LogP contribution in [0.1, 0.15) is 10.4 Å². The van der Waals surface area contributed by atoms with Crippen molar-refractivity contribution in [3.05, 3.63) is 56.2 Å². The number of nitrogens with two attached hydrogens (primary N) is 1. The molecule has 0 unspecified atom stereocenters. The maximum absolute atomic E-state index is 13.1. The lowest BCUT2D eigenvalue weighted by Gasteiger charge is -2.10. The molecule has 0 fully saturated rings. The van der Waals surface area contributed by atoms with Crippen LogP contribution in [0.25, 0.3) is 0 Å². The van der Waals surface area contributed by atoms with Gasteiger partial charge >= 0.3 is 5.69 Å². The zero-order chi connectivity index (χ0) is 17.3. The number of ketones is 1. The third-order valence-corrected chi connectivity index (χ3v) is 4.24. The van der Waals surface area contributed by atoms with Crippen LogP contribution in [0.3, 0.4) is 0 Å². The fourth-order valence-electron chi connectivity index (χ4n) is 1.91. The highest BCUT2D eigenvalue weighted by molar-refractivity contribution is 8.00. The lowest BCUT2D eigenvalue weighted by Crippen LogP contribution is -2.41. The number of nitrogens with zero attached hydrogens (tertiary/aromatic N) is 2. The Morgan fingerprint density at radius 3 is 2.43 bits per heavy atom. The third-order valence-electron chi connectivity index (χ3n) is 3.25. The Morgan fingerprint density at radius 2 is 1.83 bits per heavy atom. The number of anilines is 1. The number of halogens is 2. The van der Waals surface area contributed by atoms with Crippen LogP contribution in [0.2, 0.25) is 0 Å². The van der Waals surface area contributed by atoms with Gasteiger partial charge in [-0.05, 0) is 18.2 Å². The molecule has 0 saturated carbocycles. The van der Waals surface area contributed by atoms with Gasteiger partial charge in [0.2, 0.25) is 0 Å². The maximum atomic E-state index is 13.1. The Bertz CT molecular complexity index is 905. The van der Waals surface area contributed by atoms with Crippen LogP contribution in [-0.2, 0) is 14.1 Å². The molecule has 2 rings (SSSR count). The van der Waals surface area contributed by atoms with Crippen LogP contribution < -0.4 is 17.0 Å². The average Bonchev–Trinajstić information content (AvgIpc) is 2.52. The first-order valence-electron chi connectivity index (χ1n) is 6.40. The van der Waals surface area contributed by atoms with E-state index in [0.717, 1.165) is 33.0 Å². The molecule has 1 heterocycles. The molecule has 0 aliphatic heterocycles. The number of aromatic nitrogens is 2. The van der Waals surface area contributed by atoms with Gasteiger partial charge in [-0.3, -0.25) is 18.7 Å². The predicted molar refractivity (Wildman–Crippen MR) is 82.7 cm³/mol. The monoisotopic (exact) mass is 341 g/mol. The number of carbonyl (C=O) groups excluding carboxylic acids is 1. The average molecular weight is 341 g/mol. The van der Waals surface area contributed by atoms with E-state index < -0.39 is 28.7 Å². The van der Waals surface area contributed by atoms with Crippen LogP contribution in [0.4, 0.5) is 14.6 Å². The highest BCUT2D eigenvalue weighted by Gasteiger charge is 2.20. The predicted octanol–water partition coefficient (Wildman–Crippen LogP) is 0.919. The largest absolute Gasteiger partial charge is 0.384 e. The molecule has 0 bridgehead atoms.